The molecule has 0 radical (unpaired) electrons. The number of nitrogens with zero attached hydrogens (tertiary/aromatic N) is 1. The molecule has 0 aliphatic heterocycles. The van der Waals surface area contributed by atoms with Gasteiger partial charge in [0.05, 0.1) is 0 Å². The molecule has 59 heavy (non-hydrogen) atoms. The van der Waals surface area contributed by atoms with Crippen molar-refractivity contribution in [2.24, 2.45) is 0 Å². The monoisotopic (exact) mass is 747 g/mol. The van der Waals surface area contributed by atoms with Crippen molar-refractivity contribution in [1.82, 2.24) is 0 Å². The van der Waals surface area contributed by atoms with Crippen molar-refractivity contribution in [1.29, 1.82) is 0 Å². The van der Waals surface area contributed by atoms with Gasteiger partial charge >= 0.3 is 0 Å². The summed E-state index contributed by atoms with van der Waals surface area (Å²) < 4.78 is 0. The highest BCUT2D eigenvalue weighted by Crippen LogP contribution is 2.58. The van der Waals surface area contributed by atoms with Gasteiger partial charge in [0.1, 0.15) is 0 Å². The second-order valence-electron chi connectivity index (χ2n) is 15.6. The van der Waals surface area contributed by atoms with Crippen molar-refractivity contribution in [3.05, 3.63) is 224 Å². The summed E-state index contributed by atoms with van der Waals surface area (Å²) in [6.07, 6.45) is 0. The van der Waals surface area contributed by atoms with Gasteiger partial charge < -0.3 is 4.90 Å². The standard InChI is InChI=1S/C58H37N/c1-3-17-40(18-4-1)54-50-25-11-12-26-51(50)55(41-19-5-2-6-20-41)58-53-34-33-48(49-27-14-28-52(56(49)53)57(54)58)44-23-13-24-45(37-44)59(46-31-29-38-15-7-9-21-42(38)35-46)47-32-30-39-16-8-10-22-43(39)36-47/h1-37H. The minimum Gasteiger partial charge on any atom is -0.310 e. The van der Waals surface area contributed by atoms with Crippen molar-refractivity contribution in [2.45, 2.75) is 0 Å². The first-order valence-electron chi connectivity index (χ1n) is 20.4. The number of hydrogen-bond acceptors (Lipinski definition) is 1. The van der Waals surface area contributed by atoms with Gasteiger partial charge in [-0.3, -0.25) is 0 Å². The molecule has 0 unspecified atom stereocenters. The van der Waals surface area contributed by atoms with Gasteiger partial charge in [0.25, 0.3) is 0 Å². The fourth-order valence-corrected chi connectivity index (χ4v) is 9.75. The van der Waals surface area contributed by atoms with Gasteiger partial charge in [-0.15, -0.1) is 0 Å². The molecule has 0 aromatic heterocycles. The van der Waals surface area contributed by atoms with E-state index in [2.05, 4.69) is 229 Å². The molecule has 12 rings (SSSR count). The lowest BCUT2D eigenvalue weighted by Crippen LogP contribution is -2.10. The molecule has 0 fully saturated rings. The third kappa shape index (κ3) is 5.33. The lowest BCUT2D eigenvalue weighted by molar-refractivity contribution is 1.29. The zero-order chi connectivity index (χ0) is 38.9. The molecular weight excluding hydrogens is 711 g/mol. The van der Waals surface area contributed by atoms with Crippen LogP contribution in [0.1, 0.15) is 0 Å². The Labute approximate surface area is 343 Å². The van der Waals surface area contributed by atoms with Crippen LogP contribution in [0.15, 0.2) is 224 Å². The molecule has 11 aromatic rings. The molecule has 1 heteroatoms. The minimum atomic E-state index is 1.11. The lowest BCUT2D eigenvalue weighted by Gasteiger charge is -2.27. The Balaban J connectivity index is 1.09. The van der Waals surface area contributed by atoms with E-state index in [0.29, 0.717) is 0 Å². The summed E-state index contributed by atoms with van der Waals surface area (Å²) in [4.78, 5) is 2.40. The molecule has 11 aromatic carbocycles. The summed E-state index contributed by atoms with van der Waals surface area (Å²) in [6.45, 7) is 0. The molecule has 0 N–H and O–H groups in total. The highest BCUT2D eigenvalue weighted by molar-refractivity contribution is 6.28. The normalized spacial score (nSPS) is 11.7. The van der Waals surface area contributed by atoms with Crippen LogP contribution in [-0.4, -0.2) is 0 Å². The Bertz CT molecular complexity index is 3260. The van der Waals surface area contributed by atoms with Crippen LogP contribution in [0.2, 0.25) is 0 Å². The molecular formula is C58H37N. The second kappa shape index (κ2) is 13.4. The number of rotatable bonds is 6. The zero-order valence-corrected chi connectivity index (χ0v) is 32.3. The van der Waals surface area contributed by atoms with Crippen LogP contribution in [0.5, 0.6) is 0 Å². The molecule has 1 aliphatic rings. The van der Waals surface area contributed by atoms with Crippen LogP contribution in [0.25, 0.3) is 98.7 Å². The number of hydrogen-bond donors (Lipinski definition) is 0. The van der Waals surface area contributed by atoms with E-state index in [9.17, 15) is 0 Å². The van der Waals surface area contributed by atoms with Gasteiger partial charge in [0.15, 0.2) is 0 Å². The average Bonchev–Trinajstić information content (AvgIpc) is 3.63. The van der Waals surface area contributed by atoms with Crippen molar-refractivity contribution >= 4 is 60.2 Å². The molecule has 1 nitrogen and oxygen atoms in total. The van der Waals surface area contributed by atoms with Gasteiger partial charge in [-0.25, -0.2) is 0 Å². The summed E-state index contributed by atoms with van der Waals surface area (Å²) in [5.41, 5.74) is 16.1. The van der Waals surface area contributed by atoms with E-state index in [-0.39, 0.29) is 0 Å². The summed E-state index contributed by atoms with van der Waals surface area (Å²) in [5.74, 6) is 0. The predicted octanol–water partition coefficient (Wildman–Crippen LogP) is 16.4. The zero-order valence-electron chi connectivity index (χ0n) is 32.3. The Hall–Kier alpha value is -7.74. The largest absolute Gasteiger partial charge is 0.310 e. The minimum absolute atomic E-state index is 1.11. The quantitative estimate of drug-likeness (QED) is 0.164. The molecule has 0 saturated carbocycles. The molecule has 0 spiro atoms. The maximum absolute atomic E-state index is 2.40. The summed E-state index contributed by atoms with van der Waals surface area (Å²) in [6, 6.07) is 82.5. The van der Waals surface area contributed by atoms with E-state index in [1.807, 2.05) is 0 Å². The van der Waals surface area contributed by atoms with Gasteiger partial charge in [0.2, 0.25) is 0 Å². The number of anilines is 3. The first kappa shape index (κ1) is 33.4. The van der Waals surface area contributed by atoms with Crippen LogP contribution in [0.4, 0.5) is 17.1 Å². The van der Waals surface area contributed by atoms with E-state index in [0.717, 1.165) is 17.1 Å². The second-order valence-corrected chi connectivity index (χ2v) is 15.6. The maximum Gasteiger partial charge on any atom is 0.0468 e. The lowest BCUT2D eigenvalue weighted by atomic mass is 9.82. The SMILES string of the molecule is c1ccc(-c2c3c(c(-c4ccccc4)c4ccccc24)-c2ccc(-c4cccc(N(c5ccc6ccccc6c5)c5ccc6ccccc6c5)c4)c4cccc-3c24)cc1. The third-order valence-electron chi connectivity index (χ3n) is 12.3. The van der Waals surface area contributed by atoms with Crippen molar-refractivity contribution in [3.8, 4) is 55.6 Å². The van der Waals surface area contributed by atoms with Gasteiger partial charge in [-0.2, -0.15) is 0 Å². The first-order valence-corrected chi connectivity index (χ1v) is 20.4. The van der Waals surface area contributed by atoms with E-state index in [1.54, 1.807) is 0 Å². The highest BCUT2D eigenvalue weighted by atomic mass is 15.1. The Morgan fingerprint density at radius 2 is 0.678 bits per heavy atom. The fraction of sp³-hybridized carbons (Fsp3) is 0. The Kier molecular flexibility index (Phi) is 7.61. The van der Waals surface area contributed by atoms with Crippen LogP contribution in [-0.2, 0) is 0 Å². The molecule has 0 heterocycles. The third-order valence-corrected chi connectivity index (χ3v) is 12.3. The van der Waals surface area contributed by atoms with Crippen LogP contribution >= 0.6 is 0 Å². The fourth-order valence-electron chi connectivity index (χ4n) is 9.75. The predicted molar refractivity (Wildman–Crippen MR) is 252 cm³/mol. The average molecular weight is 748 g/mol. The summed E-state index contributed by atoms with van der Waals surface area (Å²) in [7, 11) is 0. The molecule has 0 saturated heterocycles. The van der Waals surface area contributed by atoms with Crippen molar-refractivity contribution in [2.75, 3.05) is 4.90 Å². The van der Waals surface area contributed by atoms with E-state index in [1.165, 1.54) is 98.7 Å². The Morgan fingerprint density at radius 1 is 0.237 bits per heavy atom. The van der Waals surface area contributed by atoms with Crippen molar-refractivity contribution < 1.29 is 0 Å². The molecule has 0 bridgehead atoms. The van der Waals surface area contributed by atoms with E-state index in [4.69, 9.17) is 0 Å². The number of benzene rings is 11. The highest BCUT2D eigenvalue weighted by Gasteiger charge is 2.31. The molecule has 0 amide bonds. The van der Waals surface area contributed by atoms with E-state index < -0.39 is 0 Å². The van der Waals surface area contributed by atoms with Gasteiger partial charge in [0, 0.05) is 17.1 Å². The van der Waals surface area contributed by atoms with Gasteiger partial charge in [-0.1, -0.05) is 188 Å². The van der Waals surface area contributed by atoms with Crippen LogP contribution < -0.4 is 4.90 Å². The molecule has 1 aliphatic carbocycles. The number of fused-ring (bicyclic) bond motifs is 6. The summed E-state index contributed by atoms with van der Waals surface area (Å²) in [5, 5.41) is 10.0. The molecule has 0 atom stereocenters. The molecule has 274 valence electrons. The van der Waals surface area contributed by atoms with Gasteiger partial charge in [-0.05, 0) is 135 Å². The topological polar surface area (TPSA) is 3.24 Å². The van der Waals surface area contributed by atoms with Crippen LogP contribution in [0, 0.1) is 0 Å². The smallest absolute Gasteiger partial charge is 0.0468 e. The summed E-state index contributed by atoms with van der Waals surface area (Å²) >= 11 is 0. The maximum atomic E-state index is 2.40. The first-order chi connectivity index (χ1) is 29.3. The Morgan fingerprint density at radius 3 is 1.27 bits per heavy atom. The van der Waals surface area contributed by atoms with E-state index >= 15 is 0 Å². The van der Waals surface area contributed by atoms with Crippen molar-refractivity contribution in [3.63, 3.8) is 0 Å². The van der Waals surface area contributed by atoms with Crippen LogP contribution in [0.3, 0.4) is 0 Å².